The molecule has 10 aromatic rings. The number of aromatic nitrogens is 4. The summed E-state index contributed by atoms with van der Waals surface area (Å²) in [4.78, 5) is 15.1. The minimum Gasteiger partial charge on any atom is -0.309 e. The SMILES string of the molecule is c1ccc(-c2nc(-c3ccccc3)nc(-c3ccc(-n4c5ccccc5c5ccc(-c6cccc7ccccc67)cc54)c4ccccc34)n2)cc1. The van der Waals surface area contributed by atoms with Gasteiger partial charge in [-0.15, -0.1) is 0 Å². The van der Waals surface area contributed by atoms with Gasteiger partial charge in [-0.2, -0.15) is 0 Å². The molecule has 238 valence electrons. The third kappa shape index (κ3) is 4.88. The predicted molar refractivity (Wildman–Crippen MR) is 211 cm³/mol. The molecule has 0 unspecified atom stereocenters. The highest BCUT2D eigenvalue weighted by atomic mass is 15.0. The smallest absolute Gasteiger partial charge is 0.164 e. The van der Waals surface area contributed by atoms with Crippen molar-refractivity contribution >= 4 is 43.4 Å². The van der Waals surface area contributed by atoms with Crippen LogP contribution in [0, 0.1) is 0 Å². The van der Waals surface area contributed by atoms with Crippen molar-refractivity contribution in [2.75, 3.05) is 0 Å². The molecule has 0 saturated carbocycles. The average Bonchev–Trinajstić information content (AvgIpc) is 3.54. The van der Waals surface area contributed by atoms with Crippen molar-refractivity contribution < 1.29 is 0 Å². The Morgan fingerprint density at radius 3 is 1.63 bits per heavy atom. The Morgan fingerprint density at radius 2 is 0.882 bits per heavy atom. The van der Waals surface area contributed by atoms with Gasteiger partial charge in [0.15, 0.2) is 17.5 Å². The van der Waals surface area contributed by atoms with Crippen molar-refractivity contribution in [3.8, 4) is 51.0 Å². The number of benzene rings is 8. The molecule has 4 heteroatoms. The van der Waals surface area contributed by atoms with E-state index in [0.717, 1.165) is 38.7 Å². The predicted octanol–water partition coefficient (Wildman–Crippen LogP) is 11.9. The van der Waals surface area contributed by atoms with Crippen LogP contribution in [0.2, 0.25) is 0 Å². The van der Waals surface area contributed by atoms with Crippen LogP contribution < -0.4 is 0 Å². The van der Waals surface area contributed by atoms with E-state index in [-0.39, 0.29) is 0 Å². The van der Waals surface area contributed by atoms with Crippen LogP contribution in [0.4, 0.5) is 0 Å². The van der Waals surface area contributed by atoms with Crippen molar-refractivity contribution in [3.05, 3.63) is 182 Å². The third-order valence-electron chi connectivity index (χ3n) is 9.86. The maximum atomic E-state index is 5.08. The zero-order valence-corrected chi connectivity index (χ0v) is 27.6. The van der Waals surface area contributed by atoms with Crippen molar-refractivity contribution in [1.29, 1.82) is 0 Å². The Morgan fingerprint density at radius 1 is 0.314 bits per heavy atom. The fourth-order valence-electron chi connectivity index (χ4n) is 7.48. The summed E-state index contributed by atoms with van der Waals surface area (Å²) in [6.07, 6.45) is 0. The Balaban J connectivity index is 1.21. The number of hydrogen-bond acceptors (Lipinski definition) is 3. The van der Waals surface area contributed by atoms with Crippen LogP contribution in [-0.4, -0.2) is 19.5 Å². The van der Waals surface area contributed by atoms with Crippen LogP contribution in [0.3, 0.4) is 0 Å². The van der Waals surface area contributed by atoms with Gasteiger partial charge < -0.3 is 4.57 Å². The van der Waals surface area contributed by atoms with Crippen LogP contribution in [0.5, 0.6) is 0 Å². The summed E-state index contributed by atoms with van der Waals surface area (Å²) < 4.78 is 2.42. The Bertz CT molecular complexity index is 2850. The zero-order valence-electron chi connectivity index (χ0n) is 27.6. The van der Waals surface area contributed by atoms with Gasteiger partial charge in [-0.3, -0.25) is 0 Å². The van der Waals surface area contributed by atoms with Crippen molar-refractivity contribution in [1.82, 2.24) is 19.5 Å². The number of rotatable bonds is 5. The van der Waals surface area contributed by atoms with Crippen molar-refractivity contribution in [2.24, 2.45) is 0 Å². The second kappa shape index (κ2) is 11.9. The minimum atomic E-state index is 0.644. The summed E-state index contributed by atoms with van der Waals surface area (Å²) in [5, 5.41) is 7.13. The van der Waals surface area contributed by atoms with Crippen LogP contribution >= 0.6 is 0 Å². The van der Waals surface area contributed by atoms with Gasteiger partial charge in [0.05, 0.1) is 16.7 Å². The number of para-hydroxylation sites is 1. The molecule has 0 aliphatic rings. The van der Waals surface area contributed by atoms with Gasteiger partial charge in [-0.25, -0.2) is 15.0 Å². The molecule has 0 fully saturated rings. The second-order valence-corrected chi connectivity index (χ2v) is 12.8. The summed E-state index contributed by atoms with van der Waals surface area (Å²) in [5.41, 5.74) is 8.72. The molecule has 0 N–H and O–H groups in total. The van der Waals surface area contributed by atoms with E-state index in [4.69, 9.17) is 15.0 Å². The molecule has 0 saturated heterocycles. The van der Waals surface area contributed by atoms with E-state index in [1.807, 2.05) is 60.7 Å². The molecular formula is C47H30N4. The molecule has 0 aliphatic heterocycles. The Kier molecular flexibility index (Phi) is 6.78. The van der Waals surface area contributed by atoms with Gasteiger partial charge in [0, 0.05) is 32.8 Å². The fraction of sp³-hybridized carbons (Fsp3) is 0. The first kappa shape index (κ1) is 29.0. The molecule has 2 heterocycles. The minimum absolute atomic E-state index is 0.644. The average molecular weight is 651 g/mol. The fourth-order valence-corrected chi connectivity index (χ4v) is 7.48. The van der Waals surface area contributed by atoms with E-state index >= 15 is 0 Å². The standard InChI is InChI=1S/C47H30N4/c1-3-15-32(16-4-1)45-48-46(33-17-5-2-6-18-33)50-47(49-45)41-28-29-43(38-22-10-9-21-37(38)41)51-42-25-12-11-23-39(42)40-27-26-34(30-44(40)51)36-24-13-19-31-14-7-8-20-35(31)36/h1-30H. The highest BCUT2D eigenvalue weighted by Crippen LogP contribution is 2.40. The maximum absolute atomic E-state index is 5.08. The molecule has 10 rings (SSSR count). The van der Waals surface area contributed by atoms with E-state index < -0.39 is 0 Å². The first-order valence-electron chi connectivity index (χ1n) is 17.2. The molecule has 0 aliphatic carbocycles. The van der Waals surface area contributed by atoms with Crippen LogP contribution in [0.1, 0.15) is 0 Å². The van der Waals surface area contributed by atoms with Gasteiger partial charge >= 0.3 is 0 Å². The van der Waals surface area contributed by atoms with Crippen LogP contribution in [0.25, 0.3) is 94.3 Å². The highest BCUT2D eigenvalue weighted by Gasteiger charge is 2.19. The monoisotopic (exact) mass is 650 g/mol. The first-order valence-corrected chi connectivity index (χ1v) is 17.2. The summed E-state index contributed by atoms with van der Waals surface area (Å²) in [5.74, 6) is 1.94. The van der Waals surface area contributed by atoms with E-state index in [9.17, 15) is 0 Å². The quantitative estimate of drug-likeness (QED) is 0.186. The van der Waals surface area contributed by atoms with E-state index in [1.54, 1.807) is 0 Å². The molecular weight excluding hydrogens is 621 g/mol. The van der Waals surface area contributed by atoms with Crippen LogP contribution in [0.15, 0.2) is 182 Å². The summed E-state index contributed by atoms with van der Waals surface area (Å²) in [7, 11) is 0. The van der Waals surface area contributed by atoms with Crippen LogP contribution in [-0.2, 0) is 0 Å². The summed E-state index contributed by atoms with van der Waals surface area (Å²) in [6.45, 7) is 0. The summed E-state index contributed by atoms with van der Waals surface area (Å²) >= 11 is 0. The number of nitrogens with zero attached hydrogens (tertiary/aromatic N) is 4. The zero-order chi connectivity index (χ0) is 33.7. The molecule has 2 aromatic heterocycles. The normalized spacial score (nSPS) is 11.5. The van der Waals surface area contributed by atoms with E-state index in [1.165, 1.54) is 38.2 Å². The molecule has 0 atom stereocenters. The molecule has 0 bridgehead atoms. The highest BCUT2D eigenvalue weighted by molar-refractivity contribution is 6.13. The lowest BCUT2D eigenvalue weighted by atomic mass is 9.97. The molecule has 8 aromatic carbocycles. The van der Waals surface area contributed by atoms with Gasteiger partial charge in [0.25, 0.3) is 0 Å². The lowest BCUT2D eigenvalue weighted by molar-refractivity contribution is 1.08. The first-order chi connectivity index (χ1) is 25.3. The van der Waals surface area contributed by atoms with E-state index in [2.05, 4.69) is 126 Å². The third-order valence-corrected chi connectivity index (χ3v) is 9.86. The Labute approximate surface area is 295 Å². The van der Waals surface area contributed by atoms with Crippen molar-refractivity contribution in [2.45, 2.75) is 0 Å². The molecule has 4 nitrogen and oxygen atoms in total. The van der Waals surface area contributed by atoms with Crippen molar-refractivity contribution in [3.63, 3.8) is 0 Å². The number of fused-ring (bicyclic) bond motifs is 5. The van der Waals surface area contributed by atoms with Gasteiger partial charge in [-0.1, -0.05) is 158 Å². The van der Waals surface area contributed by atoms with Gasteiger partial charge in [0.1, 0.15) is 0 Å². The molecule has 0 radical (unpaired) electrons. The second-order valence-electron chi connectivity index (χ2n) is 12.8. The molecule has 0 amide bonds. The summed E-state index contributed by atoms with van der Waals surface area (Å²) in [6, 6.07) is 64.0. The Hall–Kier alpha value is -6.91. The lowest BCUT2D eigenvalue weighted by Crippen LogP contribution is -2.01. The molecule has 51 heavy (non-hydrogen) atoms. The van der Waals surface area contributed by atoms with Gasteiger partial charge in [0.2, 0.25) is 0 Å². The largest absolute Gasteiger partial charge is 0.309 e. The molecule has 0 spiro atoms. The van der Waals surface area contributed by atoms with Gasteiger partial charge in [-0.05, 0) is 51.6 Å². The number of hydrogen-bond donors (Lipinski definition) is 0. The van der Waals surface area contributed by atoms with E-state index in [0.29, 0.717) is 17.5 Å². The topological polar surface area (TPSA) is 43.6 Å². The maximum Gasteiger partial charge on any atom is 0.164 e. The lowest BCUT2D eigenvalue weighted by Gasteiger charge is -2.15.